The summed E-state index contributed by atoms with van der Waals surface area (Å²) in [5.74, 6) is 0. The first-order valence-corrected chi connectivity index (χ1v) is 18.0. The zero-order valence-corrected chi connectivity index (χ0v) is 27.1. The van der Waals surface area contributed by atoms with Gasteiger partial charge in [0.2, 0.25) is 0 Å². The van der Waals surface area contributed by atoms with Crippen LogP contribution < -0.4 is 20.7 Å². The first kappa shape index (κ1) is 29.0. The lowest BCUT2D eigenvalue weighted by atomic mass is 9.98. The molecule has 0 saturated carbocycles. The SMILES string of the molecule is N#Cc1cccc(-c2cccc(C#N)c2[Si](c2ccccc2)(c2ccccc2)c2ccccc2)c1-n1c2ccccc2c2ccccc21. The van der Waals surface area contributed by atoms with Crippen LogP contribution in [0.25, 0.3) is 38.6 Å². The molecule has 1 aromatic heterocycles. The number of nitrogens with zero attached hydrogens (tertiary/aromatic N) is 3. The normalized spacial score (nSPS) is 11.3. The molecule has 0 aliphatic carbocycles. The number of fused-ring (bicyclic) bond motifs is 3. The van der Waals surface area contributed by atoms with E-state index in [-0.39, 0.29) is 0 Å². The van der Waals surface area contributed by atoms with Crippen molar-refractivity contribution in [1.82, 2.24) is 4.57 Å². The van der Waals surface area contributed by atoms with Crippen LogP contribution in [0.5, 0.6) is 0 Å². The van der Waals surface area contributed by atoms with E-state index in [0.29, 0.717) is 11.1 Å². The molecule has 0 aliphatic heterocycles. The third kappa shape index (κ3) is 4.40. The van der Waals surface area contributed by atoms with E-state index in [4.69, 9.17) is 0 Å². The minimum Gasteiger partial charge on any atom is -0.307 e. The van der Waals surface area contributed by atoms with Gasteiger partial charge < -0.3 is 4.57 Å². The average molecular weight is 628 g/mol. The number of aromatic nitrogens is 1. The number of benzene rings is 7. The topological polar surface area (TPSA) is 52.5 Å². The van der Waals surface area contributed by atoms with Gasteiger partial charge in [0.25, 0.3) is 0 Å². The lowest BCUT2D eigenvalue weighted by Crippen LogP contribution is -2.75. The molecule has 0 amide bonds. The minimum absolute atomic E-state index is 0.568. The number of rotatable bonds is 6. The lowest BCUT2D eigenvalue weighted by molar-refractivity contribution is 1.17. The van der Waals surface area contributed by atoms with Crippen molar-refractivity contribution in [3.63, 3.8) is 0 Å². The number of hydrogen-bond acceptors (Lipinski definition) is 2. The van der Waals surface area contributed by atoms with Gasteiger partial charge >= 0.3 is 0 Å². The Morgan fingerprint density at radius 3 is 1.29 bits per heavy atom. The second-order valence-corrected chi connectivity index (χ2v) is 15.6. The second kappa shape index (κ2) is 12.0. The summed E-state index contributed by atoms with van der Waals surface area (Å²) in [4.78, 5) is 0. The smallest absolute Gasteiger partial charge is 0.181 e. The molecule has 7 aromatic carbocycles. The highest BCUT2D eigenvalue weighted by Crippen LogP contribution is 2.38. The van der Waals surface area contributed by atoms with Crippen LogP contribution in [0.2, 0.25) is 0 Å². The Morgan fingerprint density at radius 2 is 0.812 bits per heavy atom. The van der Waals surface area contributed by atoms with Gasteiger partial charge in [0.15, 0.2) is 8.07 Å². The molecule has 0 spiro atoms. The fourth-order valence-electron chi connectivity index (χ4n) is 7.53. The van der Waals surface area contributed by atoms with Gasteiger partial charge in [-0.2, -0.15) is 10.5 Å². The Morgan fingerprint density at radius 1 is 0.396 bits per heavy atom. The third-order valence-corrected chi connectivity index (χ3v) is 14.3. The maximum Gasteiger partial charge on any atom is 0.181 e. The first-order valence-electron chi connectivity index (χ1n) is 16.0. The van der Waals surface area contributed by atoms with Crippen LogP contribution in [0.15, 0.2) is 176 Å². The van der Waals surface area contributed by atoms with Crippen LogP contribution in [-0.2, 0) is 0 Å². The molecule has 3 nitrogen and oxygen atoms in total. The summed E-state index contributed by atoms with van der Waals surface area (Å²) in [5.41, 5.74) is 5.92. The van der Waals surface area contributed by atoms with Crippen molar-refractivity contribution in [2.45, 2.75) is 0 Å². The van der Waals surface area contributed by atoms with Crippen molar-refractivity contribution < 1.29 is 0 Å². The number of nitriles is 2. The Balaban J connectivity index is 1.58. The summed E-state index contributed by atoms with van der Waals surface area (Å²) in [7, 11) is -3.15. The molecule has 0 bridgehead atoms. The van der Waals surface area contributed by atoms with Crippen LogP contribution >= 0.6 is 0 Å². The molecule has 0 saturated heterocycles. The molecule has 48 heavy (non-hydrogen) atoms. The van der Waals surface area contributed by atoms with Gasteiger partial charge in [0.1, 0.15) is 6.07 Å². The molecule has 0 aliphatic rings. The zero-order chi connectivity index (χ0) is 32.5. The maximum absolute atomic E-state index is 10.9. The van der Waals surface area contributed by atoms with E-state index in [1.807, 2.05) is 54.6 Å². The predicted molar refractivity (Wildman–Crippen MR) is 199 cm³/mol. The van der Waals surface area contributed by atoms with E-state index >= 15 is 0 Å². The van der Waals surface area contributed by atoms with Crippen molar-refractivity contribution in [2.24, 2.45) is 0 Å². The highest BCUT2D eigenvalue weighted by molar-refractivity contribution is 7.20. The van der Waals surface area contributed by atoms with Crippen molar-refractivity contribution in [2.75, 3.05) is 0 Å². The lowest BCUT2D eigenvalue weighted by Gasteiger charge is -2.37. The molecule has 224 valence electrons. The summed E-state index contributed by atoms with van der Waals surface area (Å²) >= 11 is 0. The summed E-state index contributed by atoms with van der Waals surface area (Å²) in [6.07, 6.45) is 0. The standard InChI is InChI=1S/C44H29N3Si/c45-30-32-16-14-26-39(43(32)47-41-28-12-10-24-37(41)38-25-11-13-29-42(38)47)40-27-15-17-33(31-46)44(40)48(34-18-4-1-5-19-34,35-20-6-2-7-21-35)36-22-8-3-9-23-36/h1-29H. The van der Waals surface area contributed by atoms with Gasteiger partial charge in [-0.15, -0.1) is 0 Å². The Kier molecular flexibility index (Phi) is 7.27. The number of para-hydroxylation sites is 3. The highest BCUT2D eigenvalue weighted by atomic mass is 28.3. The van der Waals surface area contributed by atoms with E-state index in [1.54, 1.807) is 0 Å². The van der Waals surface area contributed by atoms with Crippen molar-refractivity contribution in [3.05, 3.63) is 187 Å². The Labute approximate surface area is 280 Å². The molecule has 0 radical (unpaired) electrons. The van der Waals surface area contributed by atoms with Gasteiger partial charge in [0, 0.05) is 16.3 Å². The first-order chi connectivity index (χ1) is 23.8. The van der Waals surface area contributed by atoms with Gasteiger partial charge in [-0.3, -0.25) is 0 Å². The Bertz CT molecular complexity index is 2370. The van der Waals surface area contributed by atoms with Crippen LogP contribution in [0.4, 0.5) is 0 Å². The predicted octanol–water partition coefficient (Wildman–Crippen LogP) is 7.57. The average Bonchev–Trinajstić information content (AvgIpc) is 3.50. The fraction of sp³-hybridized carbons (Fsp3) is 0. The zero-order valence-electron chi connectivity index (χ0n) is 26.1. The number of hydrogen-bond donors (Lipinski definition) is 0. The summed E-state index contributed by atoms with van der Waals surface area (Å²) in [5, 5.41) is 28.4. The molecule has 0 atom stereocenters. The molecule has 4 heteroatoms. The van der Waals surface area contributed by atoms with E-state index in [9.17, 15) is 10.5 Å². The molecule has 8 aromatic rings. The Hall–Kier alpha value is -6.46. The molecule has 1 heterocycles. The van der Waals surface area contributed by atoms with E-state index in [2.05, 4.69) is 138 Å². The van der Waals surface area contributed by atoms with Crippen LogP contribution in [0.1, 0.15) is 11.1 Å². The molecule has 0 fully saturated rings. The van der Waals surface area contributed by atoms with Crippen LogP contribution in [0.3, 0.4) is 0 Å². The summed E-state index contributed by atoms with van der Waals surface area (Å²) < 4.78 is 2.23. The summed E-state index contributed by atoms with van der Waals surface area (Å²) in [6, 6.07) is 65.9. The van der Waals surface area contributed by atoms with Crippen LogP contribution in [-0.4, -0.2) is 12.6 Å². The quantitative estimate of drug-likeness (QED) is 0.141. The fourth-order valence-corrected chi connectivity index (χ4v) is 12.6. The molecular weight excluding hydrogens is 599 g/mol. The van der Waals surface area contributed by atoms with Gasteiger partial charge in [-0.1, -0.05) is 152 Å². The summed E-state index contributed by atoms with van der Waals surface area (Å²) in [6.45, 7) is 0. The maximum atomic E-state index is 10.9. The van der Waals surface area contributed by atoms with E-state index < -0.39 is 8.07 Å². The van der Waals surface area contributed by atoms with Crippen molar-refractivity contribution in [3.8, 4) is 29.0 Å². The monoisotopic (exact) mass is 627 g/mol. The van der Waals surface area contributed by atoms with Gasteiger partial charge in [-0.25, -0.2) is 0 Å². The van der Waals surface area contributed by atoms with Crippen LogP contribution in [0, 0.1) is 22.7 Å². The minimum atomic E-state index is -3.15. The second-order valence-electron chi connectivity index (χ2n) is 11.9. The van der Waals surface area contributed by atoms with Crippen molar-refractivity contribution >= 4 is 50.6 Å². The van der Waals surface area contributed by atoms with Gasteiger partial charge in [0.05, 0.1) is 33.9 Å². The largest absolute Gasteiger partial charge is 0.307 e. The van der Waals surface area contributed by atoms with Crippen molar-refractivity contribution in [1.29, 1.82) is 10.5 Å². The van der Waals surface area contributed by atoms with E-state index in [1.165, 1.54) is 15.6 Å². The van der Waals surface area contributed by atoms with E-state index in [0.717, 1.165) is 43.8 Å². The molecular formula is C44H29N3Si. The third-order valence-electron chi connectivity index (χ3n) is 9.43. The van der Waals surface area contributed by atoms with Gasteiger partial charge in [-0.05, 0) is 50.6 Å². The molecule has 8 rings (SSSR count). The molecule has 0 N–H and O–H groups in total. The molecule has 0 unspecified atom stereocenters. The highest BCUT2D eigenvalue weighted by Gasteiger charge is 2.45.